The molecule has 1 saturated heterocycles. The van der Waals surface area contributed by atoms with Gasteiger partial charge >= 0.3 is 0 Å². The lowest BCUT2D eigenvalue weighted by Crippen LogP contribution is -2.37. The van der Waals surface area contributed by atoms with Gasteiger partial charge in [0.25, 0.3) is 0 Å². The molecule has 3 atom stereocenters. The van der Waals surface area contributed by atoms with Crippen molar-refractivity contribution in [2.45, 2.75) is 51.5 Å². The van der Waals surface area contributed by atoms with Gasteiger partial charge in [0.05, 0.1) is 18.8 Å². The van der Waals surface area contributed by atoms with Crippen LogP contribution in [-0.4, -0.2) is 35.6 Å². The lowest BCUT2D eigenvalue weighted by molar-refractivity contribution is -0.252. The smallest absolute Gasteiger partial charge is 0.217 e. The summed E-state index contributed by atoms with van der Waals surface area (Å²) in [5.74, 6) is -0.0477. The number of amides is 1. The average Bonchev–Trinajstić information content (AvgIpc) is 3.00. The van der Waals surface area contributed by atoms with Gasteiger partial charge in [-0.25, -0.2) is 0 Å². The zero-order valence-corrected chi connectivity index (χ0v) is 23.7. The van der Waals surface area contributed by atoms with Gasteiger partial charge in [-0.05, 0) is 52.6 Å². The molecule has 2 N–H and O–H groups in total. The number of benzene rings is 4. The third-order valence-corrected chi connectivity index (χ3v) is 7.39. The Kier molecular flexibility index (Phi) is 9.59. The Morgan fingerprint density at radius 2 is 1.54 bits per heavy atom. The van der Waals surface area contributed by atoms with E-state index >= 15 is 0 Å². The van der Waals surface area contributed by atoms with E-state index in [2.05, 4.69) is 71.9 Å². The first-order valence-corrected chi connectivity index (χ1v) is 14.1. The van der Waals surface area contributed by atoms with E-state index in [4.69, 9.17) is 9.47 Å². The number of rotatable bonds is 10. The molecule has 6 heteroatoms. The highest BCUT2D eigenvalue weighted by atomic mass is 16.7. The highest BCUT2D eigenvalue weighted by Crippen LogP contribution is 2.39. The number of hydrogen-bond acceptors (Lipinski definition) is 5. The van der Waals surface area contributed by atoms with E-state index in [1.165, 1.54) is 12.5 Å². The van der Waals surface area contributed by atoms with Gasteiger partial charge in [0.15, 0.2) is 6.29 Å². The molecule has 6 nitrogen and oxygen atoms in total. The van der Waals surface area contributed by atoms with E-state index < -0.39 is 6.29 Å². The first-order valence-electron chi connectivity index (χ1n) is 14.1. The van der Waals surface area contributed by atoms with E-state index in [1.807, 2.05) is 48.5 Å². The predicted molar refractivity (Wildman–Crippen MR) is 161 cm³/mol. The number of ether oxygens (including phenoxy) is 2. The van der Waals surface area contributed by atoms with Crippen LogP contribution in [-0.2, 0) is 34.0 Å². The number of carbonyl (C=O) groups is 1. The van der Waals surface area contributed by atoms with Gasteiger partial charge in [0, 0.05) is 38.5 Å². The fraction of sp³-hybridized carbons (Fsp3) is 0.286. The van der Waals surface area contributed by atoms with Crippen LogP contribution in [0.5, 0.6) is 0 Å². The molecule has 41 heavy (non-hydrogen) atoms. The molecule has 5 rings (SSSR count). The second kappa shape index (κ2) is 13.7. The van der Waals surface area contributed by atoms with Crippen molar-refractivity contribution in [1.82, 2.24) is 10.2 Å². The lowest BCUT2D eigenvalue weighted by atomic mass is 9.98. The minimum absolute atomic E-state index is 0.0171. The van der Waals surface area contributed by atoms with E-state index in [9.17, 15) is 9.90 Å². The maximum Gasteiger partial charge on any atom is 0.217 e. The van der Waals surface area contributed by atoms with Crippen LogP contribution in [0.2, 0.25) is 0 Å². The number of nitrogens with one attached hydrogen (secondary N) is 1. The summed E-state index contributed by atoms with van der Waals surface area (Å²) in [5, 5.41) is 12.4. The van der Waals surface area contributed by atoms with Crippen LogP contribution in [0.4, 0.5) is 0 Å². The summed E-state index contributed by atoms with van der Waals surface area (Å²) in [4.78, 5) is 13.7. The van der Waals surface area contributed by atoms with Crippen molar-refractivity contribution in [3.63, 3.8) is 0 Å². The Morgan fingerprint density at radius 3 is 2.27 bits per heavy atom. The van der Waals surface area contributed by atoms with Crippen LogP contribution in [0.1, 0.15) is 53.6 Å². The van der Waals surface area contributed by atoms with Crippen molar-refractivity contribution < 1.29 is 19.4 Å². The molecule has 4 aromatic carbocycles. The molecule has 0 aliphatic carbocycles. The SMILES string of the molecule is CC(=O)NCc1cccc(-c2cccc([C@H]3O[C@@H](CN(C)Cc4ccccc4)C[C@@H](c4ccc(CO)cc4)O3)c2)c1. The normalized spacial score (nSPS) is 18.8. The number of aliphatic hydroxyl groups is 1. The number of carbonyl (C=O) groups excluding carboxylic acids is 1. The summed E-state index contributed by atoms with van der Waals surface area (Å²) < 4.78 is 13.2. The van der Waals surface area contributed by atoms with Crippen molar-refractivity contribution in [1.29, 1.82) is 0 Å². The second-order valence-electron chi connectivity index (χ2n) is 10.8. The summed E-state index contributed by atoms with van der Waals surface area (Å²) in [6.07, 6.45) is 0.0405. The third-order valence-electron chi connectivity index (χ3n) is 7.39. The number of aliphatic hydroxyl groups excluding tert-OH is 1. The van der Waals surface area contributed by atoms with Crippen LogP contribution < -0.4 is 5.32 Å². The van der Waals surface area contributed by atoms with Gasteiger partial charge in [-0.15, -0.1) is 0 Å². The van der Waals surface area contributed by atoms with Crippen LogP contribution >= 0.6 is 0 Å². The van der Waals surface area contributed by atoms with Gasteiger partial charge in [-0.3, -0.25) is 9.69 Å². The zero-order chi connectivity index (χ0) is 28.6. The average molecular weight is 551 g/mol. The summed E-state index contributed by atoms with van der Waals surface area (Å²) in [7, 11) is 2.13. The summed E-state index contributed by atoms with van der Waals surface area (Å²) in [6.45, 7) is 3.64. The molecule has 1 aliphatic rings. The van der Waals surface area contributed by atoms with Crippen LogP contribution in [0.3, 0.4) is 0 Å². The molecule has 212 valence electrons. The largest absolute Gasteiger partial charge is 0.392 e. The molecule has 0 saturated carbocycles. The molecule has 1 fully saturated rings. The van der Waals surface area contributed by atoms with E-state index in [0.717, 1.165) is 52.9 Å². The van der Waals surface area contributed by atoms with Crippen molar-refractivity contribution in [2.24, 2.45) is 0 Å². The molecule has 1 aliphatic heterocycles. The lowest BCUT2D eigenvalue weighted by Gasteiger charge is -2.38. The number of nitrogens with zero attached hydrogens (tertiary/aromatic N) is 1. The van der Waals surface area contributed by atoms with Crippen molar-refractivity contribution in [3.05, 3.63) is 131 Å². The first kappa shape index (κ1) is 28.7. The monoisotopic (exact) mass is 550 g/mol. The topological polar surface area (TPSA) is 71.0 Å². The molecule has 4 aromatic rings. The highest BCUT2D eigenvalue weighted by molar-refractivity contribution is 5.73. The maximum absolute atomic E-state index is 11.4. The predicted octanol–water partition coefficient (Wildman–Crippen LogP) is 6.16. The minimum Gasteiger partial charge on any atom is -0.392 e. The molecule has 0 unspecified atom stereocenters. The fourth-order valence-electron chi connectivity index (χ4n) is 5.29. The zero-order valence-electron chi connectivity index (χ0n) is 23.7. The maximum atomic E-state index is 11.4. The molecule has 0 radical (unpaired) electrons. The van der Waals surface area contributed by atoms with Gasteiger partial charge in [-0.1, -0.05) is 91.0 Å². The van der Waals surface area contributed by atoms with Crippen molar-refractivity contribution >= 4 is 5.91 Å². The summed E-state index contributed by atoms with van der Waals surface area (Å²) >= 11 is 0. The number of likely N-dealkylation sites (N-methyl/N-ethyl adjacent to an activating group) is 1. The van der Waals surface area contributed by atoms with Gasteiger partial charge < -0.3 is 19.9 Å². The quantitative estimate of drug-likeness (QED) is 0.248. The van der Waals surface area contributed by atoms with Crippen LogP contribution in [0, 0.1) is 0 Å². The summed E-state index contributed by atoms with van der Waals surface area (Å²) in [6, 6.07) is 35.0. The molecular weight excluding hydrogens is 512 g/mol. The molecule has 1 heterocycles. The Bertz CT molecular complexity index is 1420. The highest BCUT2D eigenvalue weighted by Gasteiger charge is 2.33. The van der Waals surface area contributed by atoms with E-state index in [0.29, 0.717) is 6.54 Å². The Balaban J connectivity index is 1.37. The fourth-order valence-corrected chi connectivity index (χ4v) is 5.29. The van der Waals surface area contributed by atoms with Crippen molar-refractivity contribution in [2.75, 3.05) is 13.6 Å². The van der Waals surface area contributed by atoms with Gasteiger partial charge in [-0.2, -0.15) is 0 Å². The summed E-state index contributed by atoms with van der Waals surface area (Å²) in [5.41, 5.74) is 7.36. The molecule has 0 aromatic heterocycles. The number of hydrogen-bond donors (Lipinski definition) is 2. The Hall–Kier alpha value is -3.81. The van der Waals surface area contributed by atoms with Crippen LogP contribution in [0.25, 0.3) is 11.1 Å². The second-order valence-corrected chi connectivity index (χ2v) is 10.8. The Morgan fingerprint density at radius 1 is 0.829 bits per heavy atom. The molecule has 0 bridgehead atoms. The standard InChI is InChI=1S/C35H38N2O4/c1-25(39)36-21-28-10-6-11-30(18-28)31-12-7-13-32(19-31)35-40-33(23-37(2)22-26-8-4-3-5-9-26)20-34(41-35)29-16-14-27(24-38)15-17-29/h3-19,33-35,38H,20-24H2,1-2H3,(H,36,39)/t33-,34+,35+/m1/s1. The van der Waals surface area contributed by atoms with Crippen molar-refractivity contribution in [3.8, 4) is 11.1 Å². The van der Waals surface area contributed by atoms with E-state index in [-0.39, 0.29) is 24.7 Å². The third kappa shape index (κ3) is 7.90. The molecule has 0 spiro atoms. The van der Waals surface area contributed by atoms with E-state index in [1.54, 1.807) is 0 Å². The van der Waals surface area contributed by atoms with Crippen LogP contribution in [0.15, 0.2) is 103 Å². The Labute approximate surface area is 242 Å². The minimum atomic E-state index is -0.524. The van der Waals surface area contributed by atoms with Gasteiger partial charge in [0.1, 0.15) is 0 Å². The molecule has 1 amide bonds. The molecular formula is C35H38N2O4. The van der Waals surface area contributed by atoms with Gasteiger partial charge in [0.2, 0.25) is 5.91 Å². The first-order chi connectivity index (χ1) is 20.0.